The Labute approximate surface area is 108 Å². The number of benzene rings is 1. The van der Waals surface area contributed by atoms with E-state index >= 15 is 0 Å². The molecule has 0 radical (unpaired) electrons. The number of halogens is 1. The third-order valence-corrected chi connectivity index (χ3v) is 3.49. The molecule has 1 fully saturated rings. The summed E-state index contributed by atoms with van der Waals surface area (Å²) >= 11 is 3.44. The second-order valence-corrected chi connectivity index (χ2v) is 5.20. The standard InChI is InChI=1S/C13H13BrO3/c1-9-2-3-10(14)6-11(9)13(7-17-8-13)5-4-12(15)16/h2-6H,7-8H2,1H3,(H,15,16)/b5-4+. The highest BCUT2D eigenvalue weighted by molar-refractivity contribution is 9.10. The maximum absolute atomic E-state index is 10.6. The molecule has 0 atom stereocenters. The topological polar surface area (TPSA) is 46.5 Å². The van der Waals surface area contributed by atoms with E-state index in [1.807, 2.05) is 25.1 Å². The predicted molar refractivity (Wildman–Crippen MR) is 68.2 cm³/mol. The van der Waals surface area contributed by atoms with Crippen molar-refractivity contribution in [2.24, 2.45) is 0 Å². The summed E-state index contributed by atoms with van der Waals surface area (Å²) in [5, 5.41) is 8.73. The van der Waals surface area contributed by atoms with Crippen molar-refractivity contribution in [2.75, 3.05) is 13.2 Å². The number of ether oxygens (including phenoxy) is 1. The van der Waals surface area contributed by atoms with Gasteiger partial charge in [0.25, 0.3) is 0 Å². The van der Waals surface area contributed by atoms with E-state index < -0.39 is 5.97 Å². The minimum absolute atomic E-state index is 0.285. The SMILES string of the molecule is Cc1ccc(Br)cc1C1(/C=C/C(=O)O)COC1. The molecule has 4 heteroatoms. The molecule has 1 aromatic carbocycles. The van der Waals surface area contributed by atoms with E-state index in [2.05, 4.69) is 15.9 Å². The first-order valence-corrected chi connectivity index (χ1v) is 6.09. The van der Waals surface area contributed by atoms with Crippen LogP contribution in [0.1, 0.15) is 11.1 Å². The number of carboxylic acids is 1. The second kappa shape index (κ2) is 4.63. The van der Waals surface area contributed by atoms with Gasteiger partial charge in [-0.15, -0.1) is 0 Å². The maximum Gasteiger partial charge on any atom is 0.328 e. The Morgan fingerprint density at radius 2 is 2.24 bits per heavy atom. The lowest BCUT2D eigenvalue weighted by molar-refractivity contribution is -0.131. The van der Waals surface area contributed by atoms with Crippen LogP contribution in [0.4, 0.5) is 0 Å². The van der Waals surface area contributed by atoms with Crippen LogP contribution in [0, 0.1) is 6.92 Å². The fraction of sp³-hybridized carbons (Fsp3) is 0.308. The van der Waals surface area contributed by atoms with Crippen molar-refractivity contribution in [3.05, 3.63) is 46.0 Å². The molecule has 0 aliphatic carbocycles. The minimum Gasteiger partial charge on any atom is -0.478 e. The average molecular weight is 297 g/mol. The van der Waals surface area contributed by atoms with Crippen LogP contribution < -0.4 is 0 Å². The Kier molecular flexibility index (Phi) is 3.35. The van der Waals surface area contributed by atoms with Crippen molar-refractivity contribution in [3.63, 3.8) is 0 Å². The van der Waals surface area contributed by atoms with Crippen LogP contribution in [0.25, 0.3) is 0 Å². The van der Waals surface area contributed by atoms with Crippen LogP contribution in [-0.4, -0.2) is 24.3 Å². The number of carboxylic acid groups (broad SMARTS) is 1. The van der Waals surface area contributed by atoms with Gasteiger partial charge in [0, 0.05) is 10.5 Å². The second-order valence-electron chi connectivity index (χ2n) is 4.28. The number of hydrogen-bond acceptors (Lipinski definition) is 2. The zero-order valence-corrected chi connectivity index (χ0v) is 11.0. The number of rotatable bonds is 3. The molecule has 0 unspecified atom stereocenters. The average Bonchev–Trinajstić information content (AvgIpc) is 2.21. The van der Waals surface area contributed by atoms with Gasteiger partial charge in [-0.2, -0.15) is 0 Å². The highest BCUT2D eigenvalue weighted by Crippen LogP contribution is 2.37. The van der Waals surface area contributed by atoms with Crippen LogP contribution in [0.15, 0.2) is 34.8 Å². The highest BCUT2D eigenvalue weighted by atomic mass is 79.9. The molecule has 3 nitrogen and oxygen atoms in total. The van der Waals surface area contributed by atoms with Gasteiger partial charge < -0.3 is 9.84 Å². The van der Waals surface area contributed by atoms with E-state index in [-0.39, 0.29) is 5.41 Å². The van der Waals surface area contributed by atoms with Crippen LogP contribution in [0.2, 0.25) is 0 Å². The lowest BCUT2D eigenvalue weighted by atomic mass is 9.76. The molecule has 1 N–H and O–H groups in total. The van der Waals surface area contributed by atoms with Crippen LogP contribution in [-0.2, 0) is 14.9 Å². The summed E-state index contributed by atoms with van der Waals surface area (Å²) in [4.78, 5) is 10.6. The van der Waals surface area contributed by atoms with Gasteiger partial charge in [0.15, 0.2) is 0 Å². The van der Waals surface area contributed by atoms with Gasteiger partial charge >= 0.3 is 5.97 Å². The smallest absolute Gasteiger partial charge is 0.328 e. The molecule has 90 valence electrons. The van der Waals surface area contributed by atoms with Crippen molar-refractivity contribution in [3.8, 4) is 0 Å². The third kappa shape index (κ3) is 2.42. The maximum atomic E-state index is 10.6. The molecule has 1 aliphatic rings. The minimum atomic E-state index is -0.927. The molecule has 0 spiro atoms. The fourth-order valence-corrected chi connectivity index (χ4v) is 2.39. The Balaban J connectivity index is 2.41. The normalized spacial score (nSPS) is 18.0. The molecule has 1 saturated heterocycles. The summed E-state index contributed by atoms with van der Waals surface area (Å²) < 4.78 is 6.25. The van der Waals surface area contributed by atoms with Gasteiger partial charge in [-0.1, -0.05) is 28.1 Å². The number of carbonyl (C=O) groups is 1. The van der Waals surface area contributed by atoms with Crippen molar-refractivity contribution in [1.29, 1.82) is 0 Å². The van der Waals surface area contributed by atoms with Gasteiger partial charge in [-0.25, -0.2) is 4.79 Å². The van der Waals surface area contributed by atoms with Gasteiger partial charge in [0.1, 0.15) is 0 Å². The Morgan fingerprint density at radius 3 is 2.76 bits per heavy atom. The molecular formula is C13H13BrO3. The van der Waals surface area contributed by atoms with E-state index in [1.54, 1.807) is 6.08 Å². The molecule has 1 aromatic rings. The first-order chi connectivity index (χ1) is 8.03. The molecular weight excluding hydrogens is 284 g/mol. The van der Waals surface area contributed by atoms with Crippen molar-refractivity contribution in [2.45, 2.75) is 12.3 Å². The number of hydrogen-bond donors (Lipinski definition) is 1. The highest BCUT2D eigenvalue weighted by Gasteiger charge is 2.39. The van der Waals surface area contributed by atoms with E-state index in [1.165, 1.54) is 6.08 Å². The summed E-state index contributed by atoms with van der Waals surface area (Å²) in [5.41, 5.74) is 1.98. The summed E-state index contributed by atoms with van der Waals surface area (Å²) in [5.74, 6) is -0.927. The molecule has 1 heterocycles. The summed E-state index contributed by atoms with van der Waals surface area (Å²) in [6.07, 6.45) is 2.93. The van der Waals surface area contributed by atoms with Crippen molar-refractivity contribution >= 4 is 21.9 Å². The van der Waals surface area contributed by atoms with Crippen molar-refractivity contribution in [1.82, 2.24) is 0 Å². The van der Waals surface area contributed by atoms with Crippen molar-refractivity contribution < 1.29 is 14.6 Å². The first-order valence-electron chi connectivity index (χ1n) is 5.30. The molecule has 0 aromatic heterocycles. The molecule has 1 aliphatic heterocycles. The fourth-order valence-electron chi connectivity index (χ4n) is 2.02. The van der Waals surface area contributed by atoms with Gasteiger partial charge in [0.2, 0.25) is 0 Å². The molecule has 17 heavy (non-hydrogen) atoms. The molecule has 0 bridgehead atoms. The van der Waals surface area contributed by atoms with E-state index in [4.69, 9.17) is 9.84 Å². The summed E-state index contributed by atoms with van der Waals surface area (Å²) in [6, 6.07) is 6.03. The van der Waals surface area contributed by atoms with E-state index in [0.717, 1.165) is 15.6 Å². The third-order valence-electron chi connectivity index (χ3n) is 3.00. The van der Waals surface area contributed by atoms with Crippen LogP contribution >= 0.6 is 15.9 Å². The number of aryl methyl sites for hydroxylation is 1. The molecule has 2 rings (SSSR count). The Hall–Kier alpha value is -1.13. The quantitative estimate of drug-likeness (QED) is 0.873. The zero-order chi connectivity index (χ0) is 12.5. The predicted octanol–water partition coefficient (Wildman–Crippen LogP) is 2.67. The first kappa shape index (κ1) is 12.3. The summed E-state index contributed by atoms with van der Waals surface area (Å²) in [7, 11) is 0. The van der Waals surface area contributed by atoms with Crippen LogP contribution in [0.3, 0.4) is 0 Å². The van der Waals surface area contributed by atoms with E-state index in [9.17, 15) is 4.79 Å². The zero-order valence-electron chi connectivity index (χ0n) is 9.44. The van der Waals surface area contributed by atoms with Crippen LogP contribution in [0.5, 0.6) is 0 Å². The number of aliphatic carboxylic acids is 1. The molecule has 0 amide bonds. The largest absolute Gasteiger partial charge is 0.478 e. The van der Waals surface area contributed by atoms with E-state index in [0.29, 0.717) is 13.2 Å². The summed E-state index contributed by atoms with van der Waals surface area (Å²) in [6.45, 7) is 3.10. The van der Waals surface area contributed by atoms with Gasteiger partial charge in [-0.3, -0.25) is 0 Å². The Bertz CT molecular complexity index is 476. The van der Waals surface area contributed by atoms with Gasteiger partial charge in [-0.05, 0) is 30.2 Å². The monoisotopic (exact) mass is 296 g/mol. The lowest BCUT2D eigenvalue weighted by Gasteiger charge is -2.40. The lowest BCUT2D eigenvalue weighted by Crippen LogP contribution is -2.45. The Morgan fingerprint density at radius 1 is 1.53 bits per heavy atom. The van der Waals surface area contributed by atoms with Gasteiger partial charge in [0.05, 0.1) is 18.6 Å². The molecule has 0 saturated carbocycles.